The number of ketones is 2. The first kappa shape index (κ1) is 55.5. The van der Waals surface area contributed by atoms with Crippen molar-refractivity contribution in [3.05, 3.63) is 179 Å². The maximum Gasteiger partial charge on any atom is 0.163 e. The summed E-state index contributed by atoms with van der Waals surface area (Å²) in [5, 5.41) is 24.2. The summed E-state index contributed by atoms with van der Waals surface area (Å²) in [6, 6.07) is 48.1. The van der Waals surface area contributed by atoms with Gasteiger partial charge in [0, 0.05) is 81.7 Å². The monoisotopic (exact) mass is 1120 g/mol. The molecule has 0 amide bonds. The van der Waals surface area contributed by atoms with Crippen molar-refractivity contribution < 1.29 is 29.3 Å². The van der Waals surface area contributed by atoms with Crippen LogP contribution >= 0.6 is 0 Å². The molecule has 8 atom stereocenters. The van der Waals surface area contributed by atoms with E-state index in [1.807, 2.05) is 109 Å². The number of aromatic nitrogens is 4. The van der Waals surface area contributed by atoms with Crippen molar-refractivity contribution in [2.24, 2.45) is 35.5 Å². The minimum atomic E-state index is -0.249. The van der Waals surface area contributed by atoms with Crippen molar-refractivity contribution >= 4 is 77.2 Å². The Balaban J connectivity index is 0.000000157. The van der Waals surface area contributed by atoms with Gasteiger partial charge < -0.3 is 19.7 Å². The Hall–Kier alpha value is -7.66. The number of nitrogens with zero attached hydrogens (tertiary/aromatic N) is 4. The summed E-state index contributed by atoms with van der Waals surface area (Å²) in [5.41, 5.74) is 12.0. The molecule has 2 N–H and O–H groups in total. The minimum absolute atomic E-state index is 0.0127. The summed E-state index contributed by atoms with van der Waals surface area (Å²) in [6.45, 7) is 13.6. The average Bonchev–Trinajstić information content (AvgIpc) is 0.848. The number of aliphatic hydroxyl groups excluding tert-OH is 2. The van der Waals surface area contributed by atoms with Crippen LogP contribution in [0.5, 0.6) is 11.5 Å². The van der Waals surface area contributed by atoms with Gasteiger partial charge in [-0.05, 0) is 149 Å². The maximum atomic E-state index is 13.4. The molecule has 4 heterocycles. The van der Waals surface area contributed by atoms with Crippen molar-refractivity contribution in [1.29, 1.82) is 0 Å². The first-order valence-electron chi connectivity index (χ1n) is 30.7. The zero-order chi connectivity index (χ0) is 58.0. The van der Waals surface area contributed by atoms with Crippen LogP contribution in [0.1, 0.15) is 148 Å². The number of hydrogen-bond acceptors (Lipinski definition) is 10. The maximum absolute atomic E-state index is 13.4. The number of fused-ring (bicyclic) bond motifs is 18. The Bertz CT molecular complexity index is 3890. The van der Waals surface area contributed by atoms with Gasteiger partial charge in [0.05, 0.1) is 44.1 Å². The van der Waals surface area contributed by atoms with Gasteiger partial charge in [0.15, 0.2) is 11.6 Å². The lowest BCUT2D eigenvalue weighted by Crippen LogP contribution is -2.46. The van der Waals surface area contributed by atoms with Gasteiger partial charge in [-0.3, -0.25) is 9.59 Å². The van der Waals surface area contributed by atoms with E-state index in [0.717, 1.165) is 103 Å². The number of benzene rings is 8. The highest BCUT2D eigenvalue weighted by molar-refractivity contribution is 6.13. The average molecular weight is 1120 g/mol. The Morgan fingerprint density at radius 3 is 1.24 bits per heavy atom. The molecule has 0 saturated heterocycles. The zero-order valence-electron chi connectivity index (χ0n) is 49.3. The van der Waals surface area contributed by atoms with E-state index in [1.165, 1.54) is 24.0 Å². The van der Waals surface area contributed by atoms with E-state index in [2.05, 4.69) is 77.9 Å². The topological polar surface area (TPSA) is 145 Å². The summed E-state index contributed by atoms with van der Waals surface area (Å²) >= 11 is 0. The first-order chi connectivity index (χ1) is 40.6. The molecule has 2 fully saturated rings. The number of hydrogen-bond donors (Lipinski definition) is 2. The predicted molar refractivity (Wildman–Crippen MR) is 336 cm³/mol. The fraction of sp³-hybridized carbons (Fsp3) is 0.378. The molecule has 14 rings (SSSR count). The highest BCUT2D eigenvalue weighted by atomic mass is 16.5. The van der Waals surface area contributed by atoms with Crippen LogP contribution in [0.15, 0.2) is 146 Å². The zero-order valence-corrected chi connectivity index (χ0v) is 49.3. The summed E-state index contributed by atoms with van der Waals surface area (Å²) in [4.78, 5) is 47.7. The van der Waals surface area contributed by atoms with E-state index in [9.17, 15) is 19.8 Å². The van der Waals surface area contributed by atoms with E-state index in [4.69, 9.17) is 29.4 Å². The van der Waals surface area contributed by atoms with Gasteiger partial charge in [0.2, 0.25) is 0 Å². The van der Waals surface area contributed by atoms with Crippen LogP contribution in [0, 0.1) is 35.5 Å². The number of Topliss-reactive ketones (excluding diaryl/α,β-unsaturated/α-hetero) is 2. The highest BCUT2D eigenvalue weighted by Crippen LogP contribution is 2.58. The van der Waals surface area contributed by atoms with Crippen molar-refractivity contribution in [2.45, 2.75) is 129 Å². The van der Waals surface area contributed by atoms with Crippen LogP contribution in [0.4, 0.5) is 0 Å². The van der Waals surface area contributed by atoms with Gasteiger partial charge >= 0.3 is 0 Å². The van der Waals surface area contributed by atoms with Crippen molar-refractivity contribution in [2.75, 3.05) is 13.2 Å². The summed E-state index contributed by atoms with van der Waals surface area (Å²) in [7, 11) is 0. The van der Waals surface area contributed by atoms with Crippen LogP contribution in [-0.2, 0) is 12.8 Å². The quantitative estimate of drug-likeness (QED) is 0.0689. The Morgan fingerprint density at radius 1 is 0.476 bits per heavy atom. The largest absolute Gasteiger partial charge is 0.487 e. The molecule has 2 unspecified atom stereocenters. The van der Waals surface area contributed by atoms with Crippen LogP contribution in [0.3, 0.4) is 0 Å². The van der Waals surface area contributed by atoms with Crippen molar-refractivity contribution in [3.63, 3.8) is 0 Å². The van der Waals surface area contributed by atoms with E-state index >= 15 is 0 Å². The second-order valence-electron chi connectivity index (χ2n) is 26.2. The van der Waals surface area contributed by atoms with E-state index < -0.39 is 0 Å². The SMILES string of the molecule is C[C@@H]1CC[C@@H]2[C@@H](C1)c1c(c3ccccc3c3nc4cc(C(=O)CC(CO)Cc5ccccc5)ccc4nc13)OC2(C)C.C[C@H]1CC[C@H]2[C@H](C1)c1c(c3ccccc3c3nc4cc(C(=O)CC(CO)Cc5ccccc5)ccc4nc13)OC2(C)C. The number of aliphatic hydroxyl groups is 2. The molecule has 2 aliphatic carbocycles. The Labute approximate surface area is 492 Å². The molecule has 10 heteroatoms. The highest BCUT2D eigenvalue weighted by Gasteiger charge is 2.49. The minimum Gasteiger partial charge on any atom is -0.487 e. The lowest BCUT2D eigenvalue weighted by atomic mass is 9.64. The fourth-order valence-electron chi connectivity index (χ4n) is 15.2. The van der Waals surface area contributed by atoms with Crippen LogP contribution in [0.25, 0.3) is 65.7 Å². The molecular formula is C74H76N4O6. The molecule has 0 bridgehead atoms. The summed E-state index contributed by atoms with van der Waals surface area (Å²) in [5.74, 6) is 4.59. The molecule has 428 valence electrons. The molecule has 10 aromatic rings. The molecular weight excluding hydrogens is 1040 g/mol. The molecule has 0 spiro atoms. The predicted octanol–water partition coefficient (Wildman–Crippen LogP) is 16.1. The number of rotatable bonds is 12. The molecule has 4 aliphatic rings. The van der Waals surface area contributed by atoms with Crippen LogP contribution < -0.4 is 9.47 Å². The van der Waals surface area contributed by atoms with Crippen molar-refractivity contribution in [3.8, 4) is 11.5 Å². The lowest BCUT2D eigenvalue weighted by molar-refractivity contribution is -0.0118. The number of carbonyl (C=O) groups excluding carboxylic acids is 2. The van der Waals surface area contributed by atoms with Gasteiger partial charge in [-0.2, -0.15) is 0 Å². The Kier molecular flexibility index (Phi) is 14.8. The van der Waals surface area contributed by atoms with Crippen molar-refractivity contribution in [1.82, 2.24) is 19.9 Å². The van der Waals surface area contributed by atoms with Gasteiger partial charge in [-0.15, -0.1) is 0 Å². The third-order valence-electron chi connectivity index (χ3n) is 19.5. The molecule has 84 heavy (non-hydrogen) atoms. The molecule has 0 radical (unpaired) electrons. The third-order valence-corrected chi connectivity index (χ3v) is 19.5. The fourth-order valence-corrected chi connectivity index (χ4v) is 15.2. The van der Waals surface area contributed by atoms with Gasteiger partial charge in [-0.25, -0.2) is 19.9 Å². The summed E-state index contributed by atoms with van der Waals surface area (Å²) in [6.07, 6.45) is 8.89. The molecule has 8 aromatic carbocycles. The standard InChI is InChI=1S/2C37H38N2O3/c2*1-22-13-15-29-28(17-22)33-35-34(26-11-7-8-12-27(26)36(33)42-37(29,2)3)39-31-20-25(14-16-30(31)38-35)32(41)19-24(21-40)18-23-9-5-4-6-10-23/h2*4-12,14,16,20,22,24,28-29,40H,13,15,17-19,21H2,1-3H3/t2*22-,24?,28-,29-/m10/s1. The first-order valence-corrected chi connectivity index (χ1v) is 30.7. The van der Waals surface area contributed by atoms with Gasteiger partial charge in [-0.1, -0.05) is 136 Å². The van der Waals surface area contributed by atoms with E-state index in [-0.39, 0.29) is 60.7 Å². The molecule has 2 saturated carbocycles. The second-order valence-corrected chi connectivity index (χ2v) is 26.2. The third kappa shape index (κ3) is 10.4. The number of ether oxygens (including phenoxy) is 2. The molecule has 10 nitrogen and oxygen atoms in total. The second kappa shape index (κ2) is 22.4. The summed E-state index contributed by atoms with van der Waals surface area (Å²) < 4.78 is 13.7. The van der Waals surface area contributed by atoms with Gasteiger partial charge in [0.1, 0.15) is 22.7 Å². The Morgan fingerprint density at radius 2 is 0.845 bits per heavy atom. The van der Waals surface area contributed by atoms with E-state index in [1.54, 1.807) is 0 Å². The van der Waals surface area contributed by atoms with Crippen LogP contribution in [0.2, 0.25) is 0 Å². The normalized spacial score (nSPS) is 22.0. The smallest absolute Gasteiger partial charge is 0.163 e. The molecule has 2 aliphatic heterocycles. The van der Waals surface area contributed by atoms with Gasteiger partial charge in [0.25, 0.3) is 0 Å². The number of carbonyl (C=O) groups is 2. The van der Waals surface area contributed by atoms with Crippen LogP contribution in [-0.4, -0.2) is 66.1 Å². The lowest BCUT2D eigenvalue weighted by Gasteiger charge is -2.49. The molecule has 2 aromatic heterocycles. The van der Waals surface area contributed by atoms with E-state index in [0.29, 0.717) is 70.5 Å².